The lowest BCUT2D eigenvalue weighted by molar-refractivity contribution is 0.503. The van der Waals surface area contributed by atoms with Crippen LogP contribution in [0.15, 0.2) is 12.1 Å². The molecule has 0 fully saturated rings. The Morgan fingerprint density at radius 1 is 1.27 bits per heavy atom. The molecule has 1 aliphatic carbocycles. The lowest BCUT2D eigenvalue weighted by Crippen LogP contribution is -1.96. The normalized spacial score (nSPS) is 25.9. The second-order valence-electron chi connectivity index (χ2n) is 4.30. The minimum absolute atomic E-state index is 0.0497. The Bertz CT molecular complexity index is 373. The number of halogens is 3. The maximum atomic E-state index is 6.37. The predicted octanol–water partition coefficient (Wildman–Crippen LogP) is 5.25. The zero-order valence-electron chi connectivity index (χ0n) is 8.56. The van der Waals surface area contributed by atoms with Crippen LogP contribution in [0.5, 0.6) is 0 Å². The molecule has 0 N–H and O–H groups in total. The maximum Gasteiger partial charge on any atom is 0.0591 e. The summed E-state index contributed by atoms with van der Waals surface area (Å²) in [5.74, 6) is 0.648. The van der Waals surface area contributed by atoms with Crippen molar-refractivity contribution in [3.8, 4) is 0 Å². The molecule has 1 aromatic rings. The molecule has 0 bridgehead atoms. The van der Waals surface area contributed by atoms with E-state index in [1.807, 2.05) is 12.1 Å². The van der Waals surface area contributed by atoms with Gasteiger partial charge in [0.1, 0.15) is 0 Å². The van der Waals surface area contributed by atoms with Crippen LogP contribution in [0.1, 0.15) is 36.3 Å². The first-order chi connectivity index (χ1) is 7.08. The molecule has 0 heterocycles. The standard InChI is InChI=1S/C12H13Cl3/c1-7-2-3-9-10(11(14)4-7)5-8(13)6-12(9)15/h5-7,11H,2-4H2,1H3. The third kappa shape index (κ3) is 2.43. The highest BCUT2D eigenvalue weighted by atomic mass is 35.5. The van der Waals surface area contributed by atoms with Crippen molar-refractivity contribution in [3.63, 3.8) is 0 Å². The molecule has 0 aliphatic heterocycles. The third-order valence-electron chi connectivity index (χ3n) is 3.03. The molecule has 0 saturated carbocycles. The zero-order valence-corrected chi connectivity index (χ0v) is 10.8. The van der Waals surface area contributed by atoms with Crippen LogP contribution >= 0.6 is 34.8 Å². The first-order valence-electron chi connectivity index (χ1n) is 5.20. The molecule has 0 spiro atoms. The molecule has 0 radical (unpaired) electrons. The monoisotopic (exact) mass is 262 g/mol. The van der Waals surface area contributed by atoms with Crippen LogP contribution in [0.4, 0.5) is 0 Å². The number of benzene rings is 1. The Labute approximate surface area is 106 Å². The van der Waals surface area contributed by atoms with E-state index in [2.05, 4.69) is 6.92 Å². The molecule has 82 valence electrons. The van der Waals surface area contributed by atoms with Crippen molar-refractivity contribution in [2.75, 3.05) is 0 Å². The predicted molar refractivity (Wildman–Crippen MR) is 67.2 cm³/mol. The molecule has 15 heavy (non-hydrogen) atoms. The van der Waals surface area contributed by atoms with Crippen molar-refractivity contribution in [1.29, 1.82) is 0 Å². The molecule has 1 aromatic carbocycles. The average molecular weight is 264 g/mol. The first-order valence-corrected chi connectivity index (χ1v) is 6.39. The van der Waals surface area contributed by atoms with E-state index < -0.39 is 0 Å². The van der Waals surface area contributed by atoms with Gasteiger partial charge < -0.3 is 0 Å². The zero-order chi connectivity index (χ0) is 11.0. The summed E-state index contributed by atoms with van der Waals surface area (Å²) in [5.41, 5.74) is 2.31. The summed E-state index contributed by atoms with van der Waals surface area (Å²) in [5, 5.41) is 1.49. The van der Waals surface area contributed by atoms with E-state index in [1.54, 1.807) is 0 Å². The van der Waals surface area contributed by atoms with E-state index in [1.165, 1.54) is 5.56 Å². The molecule has 2 unspecified atom stereocenters. The van der Waals surface area contributed by atoms with Gasteiger partial charge in [-0.2, -0.15) is 0 Å². The first kappa shape index (κ1) is 11.6. The highest BCUT2D eigenvalue weighted by Crippen LogP contribution is 2.40. The summed E-state index contributed by atoms with van der Waals surface area (Å²) in [6, 6.07) is 3.76. The second-order valence-corrected chi connectivity index (χ2v) is 5.67. The van der Waals surface area contributed by atoms with Crippen LogP contribution in [0.2, 0.25) is 10.0 Å². The summed E-state index contributed by atoms with van der Waals surface area (Å²) >= 11 is 18.6. The molecule has 1 aliphatic rings. The van der Waals surface area contributed by atoms with E-state index in [9.17, 15) is 0 Å². The van der Waals surface area contributed by atoms with Crippen molar-refractivity contribution < 1.29 is 0 Å². The fraction of sp³-hybridized carbons (Fsp3) is 0.500. The minimum atomic E-state index is 0.0497. The minimum Gasteiger partial charge on any atom is -0.118 e. The number of alkyl halides is 1. The van der Waals surface area contributed by atoms with E-state index in [0.717, 1.165) is 29.8 Å². The average Bonchev–Trinajstić information content (AvgIpc) is 2.27. The van der Waals surface area contributed by atoms with Gasteiger partial charge >= 0.3 is 0 Å². The largest absolute Gasteiger partial charge is 0.118 e. The topological polar surface area (TPSA) is 0 Å². The van der Waals surface area contributed by atoms with Crippen LogP contribution in [0, 0.1) is 5.92 Å². The summed E-state index contributed by atoms with van der Waals surface area (Å²) in [6.45, 7) is 2.23. The Morgan fingerprint density at radius 2 is 2.00 bits per heavy atom. The molecule has 2 atom stereocenters. The van der Waals surface area contributed by atoms with Crippen LogP contribution in [0.25, 0.3) is 0 Å². The van der Waals surface area contributed by atoms with Crippen molar-refractivity contribution >= 4 is 34.8 Å². The van der Waals surface area contributed by atoms with Crippen molar-refractivity contribution in [2.45, 2.75) is 31.6 Å². The van der Waals surface area contributed by atoms with Gasteiger partial charge in [-0.3, -0.25) is 0 Å². The van der Waals surface area contributed by atoms with Gasteiger partial charge in [-0.15, -0.1) is 11.6 Å². The molecule has 0 saturated heterocycles. The second kappa shape index (κ2) is 4.53. The van der Waals surface area contributed by atoms with Gasteiger partial charge in [0.05, 0.1) is 5.38 Å². The fourth-order valence-electron chi connectivity index (χ4n) is 2.16. The van der Waals surface area contributed by atoms with E-state index in [-0.39, 0.29) is 5.38 Å². The summed E-state index contributed by atoms with van der Waals surface area (Å²) < 4.78 is 0. The van der Waals surface area contributed by atoms with Crippen LogP contribution < -0.4 is 0 Å². The van der Waals surface area contributed by atoms with Gasteiger partial charge in [0.25, 0.3) is 0 Å². The summed E-state index contributed by atoms with van der Waals surface area (Å²) in [4.78, 5) is 0. The molecular weight excluding hydrogens is 250 g/mol. The number of rotatable bonds is 0. The van der Waals surface area contributed by atoms with Crippen LogP contribution in [-0.2, 0) is 6.42 Å². The molecule has 3 heteroatoms. The van der Waals surface area contributed by atoms with Crippen LogP contribution in [0.3, 0.4) is 0 Å². The molecule has 0 aromatic heterocycles. The Kier molecular flexibility index (Phi) is 3.49. The van der Waals surface area contributed by atoms with Crippen molar-refractivity contribution in [3.05, 3.63) is 33.3 Å². The number of hydrogen-bond donors (Lipinski definition) is 0. The Hall–Kier alpha value is 0.0900. The lowest BCUT2D eigenvalue weighted by Gasteiger charge is -2.13. The van der Waals surface area contributed by atoms with Gasteiger partial charge in [-0.1, -0.05) is 30.1 Å². The maximum absolute atomic E-state index is 6.37. The van der Waals surface area contributed by atoms with Gasteiger partial charge in [0.15, 0.2) is 0 Å². The fourth-order valence-corrected chi connectivity index (χ4v) is 3.26. The van der Waals surface area contributed by atoms with Gasteiger partial charge in [-0.05, 0) is 48.4 Å². The smallest absolute Gasteiger partial charge is 0.0591 e. The van der Waals surface area contributed by atoms with Gasteiger partial charge in [0, 0.05) is 10.0 Å². The number of hydrogen-bond acceptors (Lipinski definition) is 0. The van der Waals surface area contributed by atoms with Gasteiger partial charge in [-0.25, -0.2) is 0 Å². The summed E-state index contributed by atoms with van der Waals surface area (Å²) in [6.07, 6.45) is 3.17. The third-order valence-corrected chi connectivity index (χ3v) is 4.00. The molecule has 0 nitrogen and oxygen atoms in total. The number of fused-ring (bicyclic) bond motifs is 1. The lowest BCUT2D eigenvalue weighted by atomic mass is 10.0. The Balaban J connectivity index is 2.48. The quantitative estimate of drug-likeness (QED) is 0.443. The summed E-state index contributed by atoms with van der Waals surface area (Å²) in [7, 11) is 0. The highest BCUT2D eigenvalue weighted by Gasteiger charge is 2.22. The van der Waals surface area contributed by atoms with E-state index >= 15 is 0 Å². The Morgan fingerprint density at radius 3 is 2.73 bits per heavy atom. The van der Waals surface area contributed by atoms with Crippen molar-refractivity contribution in [2.24, 2.45) is 5.92 Å². The van der Waals surface area contributed by atoms with E-state index in [0.29, 0.717) is 10.9 Å². The molecule has 2 rings (SSSR count). The van der Waals surface area contributed by atoms with Crippen molar-refractivity contribution in [1.82, 2.24) is 0 Å². The molecule has 0 amide bonds. The van der Waals surface area contributed by atoms with E-state index in [4.69, 9.17) is 34.8 Å². The van der Waals surface area contributed by atoms with Crippen LogP contribution in [-0.4, -0.2) is 0 Å². The SMILES string of the molecule is CC1CCc2c(Cl)cc(Cl)cc2C(Cl)C1. The van der Waals surface area contributed by atoms with Gasteiger partial charge in [0.2, 0.25) is 0 Å². The molecular formula is C12H13Cl3. The highest BCUT2D eigenvalue weighted by molar-refractivity contribution is 6.35.